The van der Waals surface area contributed by atoms with Crippen molar-refractivity contribution < 1.29 is 9.47 Å². The Kier molecular flexibility index (Phi) is 14.5. The van der Waals surface area contributed by atoms with Gasteiger partial charge in [0.2, 0.25) is 0 Å². The average Bonchev–Trinajstić information content (AvgIpc) is 2.56. The lowest BCUT2D eigenvalue weighted by Crippen LogP contribution is -2.37. The van der Waals surface area contributed by atoms with E-state index in [1.807, 2.05) is 13.8 Å². The van der Waals surface area contributed by atoms with E-state index in [1.165, 1.54) is 5.56 Å². The van der Waals surface area contributed by atoms with E-state index in [0.717, 1.165) is 56.2 Å². The summed E-state index contributed by atoms with van der Waals surface area (Å²) in [4.78, 5) is 4.71. The first kappa shape index (κ1) is 25.0. The summed E-state index contributed by atoms with van der Waals surface area (Å²) in [5.41, 5.74) is 2.31. The fourth-order valence-electron chi connectivity index (χ4n) is 2.42. The van der Waals surface area contributed by atoms with Crippen molar-refractivity contribution in [3.05, 3.63) is 29.3 Å². The van der Waals surface area contributed by atoms with Crippen LogP contribution in [0.5, 0.6) is 5.75 Å². The second kappa shape index (κ2) is 15.1. The number of aryl methyl sites for hydroxylation is 1. The zero-order valence-corrected chi connectivity index (χ0v) is 19.3. The second-order valence-corrected chi connectivity index (χ2v) is 6.45. The van der Waals surface area contributed by atoms with E-state index in [-0.39, 0.29) is 30.1 Å². The highest BCUT2D eigenvalue weighted by Gasteiger charge is 2.06. The Morgan fingerprint density at radius 2 is 1.92 bits per heavy atom. The smallest absolute Gasteiger partial charge is 0.191 e. The van der Waals surface area contributed by atoms with Crippen molar-refractivity contribution in [2.45, 2.75) is 59.6 Å². The quantitative estimate of drug-likeness (QED) is 0.216. The van der Waals surface area contributed by atoms with Gasteiger partial charge in [-0.15, -0.1) is 24.0 Å². The fraction of sp³-hybridized carbons (Fsp3) is 0.650. The molecule has 0 amide bonds. The van der Waals surface area contributed by atoms with E-state index in [0.29, 0.717) is 6.54 Å². The van der Waals surface area contributed by atoms with Gasteiger partial charge in [-0.25, -0.2) is 4.99 Å². The number of nitrogens with zero attached hydrogens (tertiary/aromatic N) is 1. The topological polar surface area (TPSA) is 54.9 Å². The molecule has 1 aromatic carbocycles. The Morgan fingerprint density at radius 1 is 1.15 bits per heavy atom. The van der Waals surface area contributed by atoms with Crippen LogP contribution in [0.25, 0.3) is 0 Å². The van der Waals surface area contributed by atoms with E-state index >= 15 is 0 Å². The number of benzene rings is 1. The summed E-state index contributed by atoms with van der Waals surface area (Å²) in [5, 5.41) is 6.70. The summed E-state index contributed by atoms with van der Waals surface area (Å²) < 4.78 is 11.0. The molecule has 0 saturated heterocycles. The average molecular weight is 477 g/mol. The summed E-state index contributed by atoms with van der Waals surface area (Å²) in [6, 6.07) is 6.29. The number of hydrogen-bond donors (Lipinski definition) is 2. The normalized spacial score (nSPS) is 11.2. The lowest BCUT2D eigenvalue weighted by atomic mass is 10.1. The van der Waals surface area contributed by atoms with Crippen molar-refractivity contribution in [3.8, 4) is 5.75 Å². The minimum atomic E-state index is 0. The number of rotatable bonds is 11. The molecular formula is C20H36IN3O2. The maximum Gasteiger partial charge on any atom is 0.191 e. The summed E-state index contributed by atoms with van der Waals surface area (Å²) in [6.07, 6.45) is 3.53. The fourth-order valence-corrected chi connectivity index (χ4v) is 2.42. The van der Waals surface area contributed by atoms with Crippen molar-refractivity contribution in [2.24, 2.45) is 4.99 Å². The van der Waals surface area contributed by atoms with Crippen LogP contribution >= 0.6 is 24.0 Å². The Hall–Kier alpha value is -1.02. The molecule has 0 radical (unpaired) electrons. The van der Waals surface area contributed by atoms with E-state index < -0.39 is 0 Å². The molecule has 6 heteroatoms. The van der Waals surface area contributed by atoms with E-state index in [1.54, 1.807) is 7.11 Å². The van der Waals surface area contributed by atoms with Crippen LogP contribution in [0.1, 0.15) is 51.2 Å². The molecule has 0 fully saturated rings. The highest BCUT2D eigenvalue weighted by atomic mass is 127. The van der Waals surface area contributed by atoms with Gasteiger partial charge in [0.15, 0.2) is 5.96 Å². The molecule has 0 spiro atoms. The maximum atomic E-state index is 5.93. The first-order chi connectivity index (χ1) is 12.1. The SMILES string of the molecule is CCNC(=NCc1ccc(C)cc1OC(C)C)NCCCCCOC.I. The van der Waals surface area contributed by atoms with Crippen LogP contribution in [0.15, 0.2) is 23.2 Å². The molecule has 0 aliphatic heterocycles. The molecule has 0 bridgehead atoms. The van der Waals surface area contributed by atoms with Crippen LogP contribution in [-0.4, -0.2) is 38.9 Å². The molecule has 26 heavy (non-hydrogen) atoms. The molecule has 0 saturated carbocycles. The van der Waals surface area contributed by atoms with Crippen LogP contribution in [-0.2, 0) is 11.3 Å². The number of hydrogen-bond acceptors (Lipinski definition) is 3. The Labute approximate surface area is 176 Å². The predicted octanol–water partition coefficient (Wildman–Crippen LogP) is 4.27. The third-order valence-corrected chi connectivity index (χ3v) is 3.65. The van der Waals surface area contributed by atoms with Crippen molar-refractivity contribution >= 4 is 29.9 Å². The standard InChI is InChI=1S/C20H35N3O2.HI/c1-6-21-20(22-12-8-7-9-13-24-5)23-15-18-11-10-17(4)14-19(18)25-16(2)3;/h10-11,14,16H,6-9,12-13,15H2,1-5H3,(H2,21,22,23);1H. The minimum Gasteiger partial charge on any atom is -0.491 e. The molecule has 0 aliphatic rings. The van der Waals surface area contributed by atoms with Gasteiger partial charge in [-0.2, -0.15) is 0 Å². The van der Waals surface area contributed by atoms with E-state index in [9.17, 15) is 0 Å². The van der Waals surface area contributed by atoms with Crippen LogP contribution < -0.4 is 15.4 Å². The van der Waals surface area contributed by atoms with Gasteiger partial charge in [0.05, 0.1) is 12.6 Å². The number of unbranched alkanes of at least 4 members (excludes halogenated alkanes) is 2. The van der Waals surface area contributed by atoms with Crippen molar-refractivity contribution in [3.63, 3.8) is 0 Å². The zero-order valence-electron chi connectivity index (χ0n) is 16.9. The van der Waals surface area contributed by atoms with Gasteiger partial charge < -0.3 is 20.1 Å². The van der Waals surface area contributed by atoms with Gasteiger partial charge in [0, 0.05) is 32.4 Å². The summed E-state index contributed by atoms with van der Waals surface area (Å²) >= 11 is 0. The first-order valence-corrected chi connectivity index (χ1v) is 9.34. The van der Waals surface area contributed by atoms with Crippen molar-refractivity contribution in [1.82, 2.24) is 10.6 Å². The second-order valence-electron chi connectivity index (χ2n) is 6.45. The molecule has 5 nitrogen and oxygen atoms in total. The molecule has 150 valence electrons. The Balaban J connectivity index is 0.00000625. The number of guanidine groups is 1. The number of nitrogens with one attached hydrogen (secondary N) is 2. The molecule has 2 N–H and O–H groups in total. The van der Waals surface area contributed by atoms with Gasteiger partial charge in [0.1, 0.15) is 5.75 Å². The minimum absolute atomic E-state index is 0. The largest absolute Gasteiger partial charge is 0.491 e. The van der Waals surface area contributed by atoms with Gasteiger partial charge in [-0.05, 0) is 58.6 Å². The van der Waals surface area contributed by atoms with E-state index in [2.05, 4.69) is 42.7 Å². The van der Waals surface area contributed by atoms with Crippen LogP contribution in [0.2, 0.25) is 0 Å². The van der Waals surface area contributed by atoms with Crippen LogP contribution in [0, 0.1) is 6.92 Å². The Morgan fingerprint density at radius 3 is 2.58 bits per heavy atom. The first-order valence-electron chi connectivity index (χ1n) is 9.34. The number of aliphatic imine (C=N–C) groups is 1. The van der Waals surface area contributed by atoms with Crippen LogP contribution in [0.4, 0.5) is 0 Å². The maximum absolute atomic E-state index is 5.93. The highest BCUT2D eigenvalue weighted by Crippen LogP contribution is 2.22. The molecular weight excluding hydrogens is 441 g/mol. The third-order valence-electron chi connectivity index (χ3n) is 3.65. The van der Waals surface area contributed by atoms with E-state index in [4.69, 9.17) is 14.5 Å². The molecule has 0 atom stereocenters. The number of ether oxygens (including phenoxy) is 2. The molecule has 0 aliphatic carbocycles. The lowest BCUT2D eigenvalue weighted by Gasteiger charge is -2.15. The van der Waals surface area contributed by atoms with Gasteiger partial charge >= 0.3 is 0 Å². The Bertz CT molecular complexity index is 522. The molecule has 0 heterocycles. The van der Waals surface area contributed by atoms with Crippen molar-refractivity contribution in [2.75, 3.05) is 26.8 Å². The summed E-state index contributed by atoms with van der Waals surface area (Å²) in [6.45, 7) is 11.4. The summed E-state index contributed by atoms with van der Waals surface area (Å²) in [5.74, 6) is 1.78. The molecule has 0 unspecified atom stereocenters. The van der Waals surface area contributed by atoms with Gasteiger partial charge in [0.25, 0.3) is 0 Å². The predicted molar refractivity (Wildman–Crippen MR) is 121 cm³/mol. The third kappa shape index (κ3) is 10.9. The molecule has 0 aromatic heterocycles. The monoisotopic (exact) mass is 477 g/mol. The van der Waals surface area contributed by atoms with Gasteiger partial charge in [-0.3, -0.25) is 0 Å². The number of methoxy groups -OCH3 is 1. The van der Waals surface area contributed by atoms with Crippen molar-refractivity contribution in [1.29, 1.82) is 0 Å². The summed E-state index contributed by atoms with van der Waals surface area (Å²) in [7, 11) is 1.75. The highest BCUT2D eigenvalue weighted by molar-refractivity contribution is 14.0. The molecule has 1 rings (SSSR count). The zero-order chi connectivity index (χ0) is 18.5. The number of halogens is 1. The van der Waals surface area contributed by atoms with Gasteiger partial charge in [-0.1, -0.05) is 12.1 Å². The lowest BCUT2D eigenvalue weighted by molar-refractivity contribution is 0.192. The molecule has 1 aromatic rings. The van der Waals surface area contributed by atoms with Crippen LogP contribution in [0.3, 0.4) is 0 Å².